The fraction of sp³-hybridized carbons (Fsp3) is 0.455. The topological polar surface area (TPSA) is 57.6 Å². The molecular formula is C11H13Br2NO3S. The van der Waals surface area contributed by atoms with Gasteiger partial charge in [0.05, 0.1) is 13.1 Å². The normalized spacial score (nSPS) is 10.7. The molecule has 18 heavy (non-hydrogen) atoms. The van der Waals surface area contributed by atoms with Crippen molar-refractivity contribution >= 4 is 55.1 Å². The van der Waals surface area contributed by atoms with Crippen LogP contribution in [0, 0.1) is 5.92 Å². The van der Waals surface area contributed by atoms with Gasteiger partial charge in [0.2, 0.25) is 0 Å². The number of carbonyl (C=O) groups is 2. The van der Waals surface area contributed by atoms with Gasteiger partial charge in [0.25, 0.3) is 5.91 Å². The molecule has 0 aliphatic rings. The fourth-order valence-corrected chi connectivity index (χ4v) is 4.26. The number of rotatable bonds is 5. The predicted octanol–water partition coefficient (Wildman–Crippen LogP) is 3.46. The van der Waals surface area contributed by atoms with E-state index < -0.39 is 5.97 Å². The largest absolute Gasteiger partial charge is 0.480 e. The van der Waals surface area contributed by atoms with Crippen LogP contribution in [0.25, 0.3) is 0 Å². The molecule has 1 N–H and O–H groups in total. The summed E-state index contributed by atoms with van der Waals surface area (Å²) in [5.41, 5.74) is 0.494. The van der Waals surface area contributed by atoms with E-state index in [0.717, 1.165) is 3.79 Å². The third-order valence-electron chi connectivity index (χ3n) is 2.09. The Hall–Kier alpha value is -0.400. The highest BCUT2D eigenvalue weighted by Crippen LogP contribution is 2.32. The molecule has 0 bridgehead atoms. The van der Waals surface area contributed by atoms with E-state index in [1.807, 2.05) is 13.8 Å². The van der Waals surface area contributed by atoms with Gasteiger partial charge in [-0.25, -0.2) is 0 Å². The molecule has 0 aliphatic heterocycles. The maximum Gasteiger partial charge on any atom is 0.323 e. The quantitative estimate of drug-likeness (QED) is 0.826. The van der Waals surface area contributed by atoms with Gasteiger partial charge in [0.15, 0.2) is 0 Å². The van der Waals surface area contributed by atoms with Crippen molar-refractivity contribution in [2.75, 3.05) is 13.1 Å². The van der Waals surface area contributed by atoms with Crippen LogP contribution in [0.15, 0.2) is 13.6 Å². The first-order valence-corrected chi connectivity index (χ1v) is 7.67. The molecule has 1 heterocycles. The van der Waals surface area contributed by atoms with E-state index in [1.54, 1.807) is 6.07 Å². The summed E-state index contributed by atoms with van der Waals surface area (Å²) in [7, 11) is 0. The van der Waals surface area contributed by atoms with E-state index in [4.69, 9.17) is 5.11 Å². The molecule has 1 amide bonds. The lowest BCUT2D eigenvalue weighted by atomic mass is 10.2. The summed E-state index contributed by atoms with van der Waals surface area (Å²) in [4.78, 5) is 24.4. The van der Waals surface area contributed by atoms with Crippen LogP contribution in [-0.4, -0.2) is 35.0 Å². The number of amides is 1. The Kier molecular flexibility index (Phi) is 5.81. The number of thiophene rings is 1. The minimum atomic E-state index is -1.01. The molecule has 0 saturated heterocycles. The molecule has 0 radical (unpaired) electrons. The molecule has 1 aromatic heterocycles. The molecule has 0 aromatic carbocycles. The van der Waals surface area contributed by atoms with Gasteiger partial charge in [-0.3, -0.25) is 9.59 Å². The maximum absolute atomic E-state index is 12.3. The molecule has 0 aliphatic carbocycles. The summed E-state index contributed by atoms with van der Waals surface area (Å²) in [5.74, 6) is -1.05. The zero-order valence-corrected chi connectivity index (χ0v) is 13.9. The summed E-state index contributed by atoms with van der Waals surface area (Å²) in [6.45, 7) is 4.03. The summed E-state index contributed by atoms with van der Waals surface area (Å²) in [6, 6.07) is 1.70. The first kappa shape index (κ1) is 15.7. The summed E-state index contributed by atoms with van der Waals surface area (Å²) < 4.78 is 1.54. The summed E-state index contributed by atoms with van der Waals surface area (Å²) in [6.07, 6.45) is 0. The van der Waals surface area contributed by atoms with Crippen LogP contribution < -0.4 is 0 Å². The minimum absolute atomic E-state index is 0.217. The lowest BCUT2D eigenvalue weighted by Gasteiger charge is -2.22. The summed E-state index contributed by atoms with van der Waals surface area (Å²) >= 11 is 8.01. The number of nitrogens with zero attached hydrogens (tertiary/aromatic N) is 1. The molecule has 0 saturated carbocycles. The summed E-state index contributed by atoms with van der Waals surface area (Å²) in [5, 5.41) is 8.85. The highest BCUT2D eigenvalue weighted by Gasteiger charge is 2.22. The molecule has 0 unspecified atom stereocenters. The third kappa shape index (κ3) is 4.37. The van der Waals surface area contributed by atoms with Crippen molar-refractivity contribution in [3.8, 4) is 0 Å². The molecule has 1 rings (SSSR count). The minimum Gasteiger partial charge on any atom is -0.480 e. The first-order chi connectivity index (χ1) is 8.31. The van der Waals surface area contributed by atoms with Gasteiger partial charge in [-0.2, -0.15) is 0 Å². The highest BCUT2D eigenvalue weighted by atomic mass is 79.9. The molecule has 0 fully saturated rings. The second kappa shape index (κ2) is 6.68. The molecule has 100 valence electrons. The second-order valence-corrected chi connectivity index (χ2v) is 7.96. The number of carbonyl (C=O) groups excluding carboxylic acids is 1. The standard InChI is InChI=1S/C11H13Br2NO3S/c1-6(2)4-14(5-9(15)16)11(17)7-3-8(12)18-10(7)13/h3,6H,4-5H2,1-2H3,(H,15,16). The Bertz CT molecular complexity index is 459. The van der Waals surface area contributed by atoms with Gasteiger partial charge in [0, 0.05) is 6.54 Å². The van der Waals surface area contributed by atoms with Crippen LogP contribution in [0.4, 0.5) is 0 Å². The van der Waals surface area contributed by atoms with Crippen LogP contribution in [0.1, 0.15) is 24.2 Å². The van der Waals surface area contributed by atoms with E-state index in [9.17, 15) is 9.59 Å². The average molecular weight is 399 g/mol. The van der Waals surface area contributed by atoms with Gasteiger partial charge in [-0.15, -0.1) is 11.3 Å². The number of carboxylic acid groups (broad SMARTS) is 1. The molecular weight excluding hydrogens is 386 g/mol. The van der Waals surface area contributed by atoms with E-state index in [0.29, 0.717) is 15.9 Å². The number of halogens is 2. The van der Waals surface area contributed by atoms with E-state index in [2.05, 4.69) is 31.9 Å². The lowest BCUT2D eigenvalue weighted by Crippen LogP contribution is -2.38. The van der Waals surface area contributed by atoms with Gasteiger partial charge >= 0.3 is 5.97 Å². The van der Waals surface area contributed by atoms with Crippen LogP contribution in [-0.2, 0) is 4.79 Å². The predicted molar refractivity (Wildman–Crippen MR) is 78.1 cm³/mol. The SMILES string of the molecule is CC(C)CN(CC(=O)O)C(=O)c1cc(Br)sc1Br. The van der Waals surface area contributed by atoms with Crippen molar-refractivity contribution in [2.24, 2.45) is 5.92 Å². The van der Waals surface area contributed by atoms with E-state index >= 15 is 0 Å². The number of hydrogen-bond donors (Lipinski definition) is 1. The number of carboxylic acids is 1. The Morgan fingerprint density at radius 3 is 2.44 bits per heavy atom. The van der Waals surface area contributed by atoms with Crippen molar-refractivity contribution in [1.82, 2.24) is 4.90 Å². The van der Waals surface area contributed by atoms with E-state index in [-0.39, 0.29) is 18.4 Å². The lowest BCUT2D eigenvalue weighted by molar-refractivity contribution is -0.137. The monoisotopic (exact) mass is 397 g/mol. The van der Waals surface area contributed by atoms with Crippen LogP contribution in [0.5, 0.6) is 0 Å². The van der Waals surface area contributed by atoms with Gasteiger partial charge in [0.1, 0.15) is 6.54 Å². The smallest absolute Gasteiger partial charge is 0.323 e. The fourth-order valence-electron chi connectivity index (χ4n) is 1.48. The number of hydrogen-bond acceptors (Lipinski definition) is 3. The van der Waals surface area contributed by atoms with Crippen LogP contribution in [0.3, 0.4) is 0 Å². The second-order valence-electron chi connectivity index (χ2n) is 4.21. The van der Waals surface area contributed by atoms with Gasteiger partial charge < -0.3 is 10.0 Å². The van der Waals surface area contributed by atoms with Crippen molar-refractivity contribution in [1.29, 1.82) is 0 Å². The van der Waals surface area contributed by atoms with Crippen molar-refractivity contribution in [3.05, 3.63) is 19.2 Å². The molecule has 1 aromatic rings. The van der Waals surface area contributed by atoms with Crippen LogP contribution >= 0.6 is 43.2 Å². The highest BCUT2D eigenvalue weighted by molar-refractivity contribution is 9.12. The van der Waals surface area contributed by atoms with Crippen molar-refractivity contribution < 1.29 is 14.7 Å². The van der Waals surface area contributed by atoms with Crippen LogP contribution in [0.2, 0.25) is 0 Å². The van der Waals surface area contributed by atoms with Gasteiger partial charge in [-0.1, -0.05) is 13.8 Å². The van der Waals surface area contributed by atoms with Crippen molar-refractivity contribution in [3.63, 3.8) is 0 Å². The molecule has 7 heteroatoms. The Morgan fingerprint density at radius 1 is 1.44 bits per heavy atom. The average Bonchev–Trinajstić information content (AvgIpc) is 2.54. The maximum atomic E-state index is 12.3. The molecule has 0 spiro atoms. The molecule has 4 nitrogen and oxygen atoms in total. The zero-order valence-electron chi connectivity index (χ0n) is 9.94. The Morgan fingerprint density at radius 2 is 2.06 bits per heavy atom. The third-order valence-corrected chi connectivity index (χ3v) is 4.43. The first-order valence-electron chi connectivity index (χ1n) is 5.27. The number of aliphatic carboxylic acids is 1. The zero-order chi connectivity index (χ0) is 13.9. The van der Waals surface area contributed by atoms with Gasteiger partial charge in [-0.05, 0) is 43.8 Å². The molecule has 0 atom stereocenters. The Balaban J connectivity index is 2.94. The van der Waals surface area contributed by atoms with Crippen molar-refractivity contribution in [2.45, 2.75) is 13.8 Å². The van der Waals surface area contributed by atoms with E-state index in [1.165, 1.54) is 16.2 Å². The Labute approximate surface area is 126 Å².